The van der Waals surface area contributed by atoms with Crippen LogP contribution in [0.5, 0.6) is 5.75 Å². The van der Waals surface area contributed by atoms with Gasteiger partial charge < -0.3 is 15.0 Å². The summed E-state index contributed by atoms with van der Waals surface area (Å²) >= 11 is 5.66. The summed E-state index contributed by atoms with van der Waals surface area (Å²) in [5, 5.41) is 3.14. The molecule has 0 aliphatic carbocycles. The highest BCUT2D eigenvalue weighted by atomic mass is 32.1. The molecule has 0 aromatic heterocycles. The predicted octanol–water partition coefficient (Wildman–Crippen LogP) is 4.80. The van der Waals surface area contributed by atoms with Gasteiger partial charge in [-0.25, -0.2) is 4.39 Å². The lowest BCUT2D eigenvalue weighted by Crippen LogP contribution is -2.39. The molecule has 1 saturated heterocycles. The molecule has 180 valence electrons. The number of benzene rings is 3. The summed E-state index contributed by atoms with van der Waals surface area (Å²) in [6, 6.07) is 21.8. The first-order chi connectivity index (χ1) is 17.0. The van der Waals surface area contributed by atoms with E-state index < -0.39 is 6.04 Å². The van der Waals surface area contributed by atoms with E-state index in [4.69, 9.17) is 17.0 Å². The van der Waals surface area contributed by atoms with E-state index in [-0.39, 0.29) is 24.1 Å². The number of halogens is 1. The molecular weight excluding hydrogens is 465 g/mol. The number of anilines is 2. The third kappa shape index (κ3) is 5.66. The first kappa shape index (κ1) is 24.3. The molecule has 3 aromatic carbocycles. The molecule has 35 heavy (non-hydrogen) atoms. The average Bonchev–Trinajstić information content (AvgIpc) is 3.09. The van der Waals surface area contributed by atoms with Crippen molar-refractivity contribution in [2.75, 3.05) is 23.4 Å². The second-order valence-corrected chi connectivity index (χ2v) is 8.42. The number of amides is 2. The SMILES string of the molecule is CCOc1ccc(NC(=O)CC2C(=O)N(c3ccccc3)C(=S)N2CCc2ccccc2F)cc1. The Labute approximate surface area is 209 Å². The molecule has 1 aliphatic heterocycles. The lowest BCUT2D eigenvalue weighted by molar-refractivity contribution is -0.124. The third-order valence-electron chi connectivity index (χ3n) is 5.74. The van der Waals surface area contributed by atoms with Crippen molar-refractivity contribution in [1.29, 1.82) is 0 Å². The van der Waals surface area contributed by atoms with Crippen LogP contribution in [0.4, 0.5) is 15.8 Å². The zero-order chi connectivity index (χ0) is 24.8. The van der Waals surface area contributed by atoms with Crippen molar-refractivity contribution in [2.24, 2.45) is 0 Å². The van der Waals surface area contributed by atoms with Gasteiger partial charge in [-0.3, -0.25) is 14.5 Å². The third-order valence-corrected chi connectivity index (χ3v) is 6.16. The highest BCUT2D eigenvalue weighted by molar-refractivity contribution is 7.80. The Balaban J connectivity index is 1.52. The van der Waals surface area contributed by atoms with Crippen LogP contribution in [0.25, 0.3) is 0 Å². The Morgan fingerprint density at radius 3 is 2.40 bits per heavy atom. The first-order valence-corrected chi connectivity index (χ1v) is 11.8. The Hall–Kier alpha value is -3.78. The molecule has 0 saturated carbocycles. The number of hydrogen-bond donors (Lipinski definition) is 1. The second kappa shape index (κ2) is 11.1. The summed E-state index contributed by atoms with van der Waals surface area (Å²) in [5.74, 6) is -0.203. The lowest BCUT2D eigenvalue weighted by atomic mass is 10.1. The molecule has 1 fully saturated rings. The molecule has 8 heteroatoms. The molecular formula is C27H26FN3O3S. The van der Waals surface area contributed by atoms with Gasteiger partial charge >= 0.3 is 0 Å². The van der Waals surface area contributed by atoms with Crippen LogP contribution >= 0.6 is 12.2 Å². The molecule has 1 aliphatic rings. The topological polar surface area (TPSA) is 61.9 Å². The zero-order valence-electron chi connectivity index (χ0n) is 19.3. The predicted molar refractivity (Wildman–Crippen MR) is 138 cm³/mol. The van der Waals surface area contributed by atoms with E-state index >= 15 is 0 Å². The molecule has 3 aromatic rings. The Kier molecular flexibility index (Phi) is 7.72. The van der Waals surface area contributed by atoms with Crippen molar-refractivity contribution in [1.82, 2.24) is 4.90 Å². The van der Waals surface area contributed by atoms with Gasteiger partial charge in [0, 0.05) is 12.2 Å². The van der Waals surface area contributed by atoms with Gasteiger partial charge in [0.15, 0.2) is 5.11 Å². The van der Waals surface area contributed by atoms with E-state index in [1.165, 1.54) is 11.0 Å². The van der Waals surface area contributed by atoms with E-state index in [2.05, 4.69) is 5.32 Å². The van der Waals surface area contributed by atoms with Crippen LogP contribution in [0.2, 0.25) is 0 Å². The van der Waals surface area contributed by atoms with E-state index in [0.29, 0.717) is 47.4 Å². The molecule has 1 atom stereocenters. The van der Waals surface area contributed by atoms with Gasteiger partial charge in [0.25, 0.3) is 5.91 Å². The van der Waals surface area contributed by atoms with Gasteiger partial charge in [0.05, 0.1) is 18.7 Å². The highest BCUT2D eigenvalue weighted by Crippen LogP contribution is 2.28. The zero-order valence-corrected chi connectivity index (χ0v) is 20.1. The van der Waals surface area contributed by atoms with Crippen molar-refractivity contribution >= 4 is 40.5 Å². The van der Waals surface area contributed by atoms with E-state index in [1.54, 1.807) is 59.5 Å². The number of carbonyl (C=O) groups is 2. The number of para-hydroxylation sites is 1. The fourth-order valence-electron chi connectivity index (χ4n) is 4.03. The number of ether oxygens (including phenoxy) is 1. The lowest BCUT2D eigenvalue weighted by Gasteiger charge is -2.24. The smallest absolute Gasteiger partial charge is 0.256 e. The molecule has 0 spiro atoms. The number of rotatable bonds is 9. The maximum Gasteiger partial charge on any atom is 0.256 e. The summed E-state index contributed by atoms with van der Waals surface area (Å²) < 4.78 is 19.6. The maximum absolute atomic E-state index is 14.2. The number of thiocarbonyl (C=S) groups is 1. The van der Waals surface area contributed by atoms with Crippen LogP contribution < -0.4 is 15.0 Å². The Bertz CT molecular complexity index is 1200. The van der Waals surface area contributed by atoms with E-state index in [0.717, 1.165) is 0 Å². The minimum atomic E-state index is -0.794. The minimum Gasteiger partial charge on any atom is -0.494 e. The fraction of sp³-hybridized carbons (Fsp3) is 0.222. The average molecular weight is 492 g/mol. The Morgan fingerprint density at radius 2 is 1.71 bits per heavy atom. The molecule has 0 radical (unpaired) electrons. The van der Waals surface area contributed by atoms with Gasteiger partial charge in [-0.1, -0.05) is 36.4 Å². The number of hydrogen-bond acceptors (Lipinski definition) is 4. The van der Waals surface area contributed by atoms with Crippen molar-refractivity contribution in [3.8, 4) is 5.75 Å². The van der Waals surface area contributed by atoms with Gasteiger partial charge in [-0.15, -0.1) is 0 Å². The molecule has 2 amide bonds. The summed E-state index contributed by atoms with van der Waals surface area (Å²) in [5.41, 5.74) is 1.76. The highest BCUT2D eigenvalue weighted by Gasteiger charge is 2.43. The Morgan fingerprint density at radius 1 is 1.03 bits per heavy atom. The summed E-state index contributed by atoms with van der Waals surface area (Å²) in [6.07, 6.45) is 0.256. The largest absolute Gasteiger partial charge is 0.494 e. The monoisotopic (exact) mass is 491 g/mol. The molecule has 4 rings (SSSR count). The van der Waals surface area contributed by atoms with Crippen LogP contribution in [0.3, 0.4) is 0 Å². The molecule has 6 nitrogen and oxygen atoms in total. The normalized spacial score (nSPS) is 15.4. The standard InChI is InChI=1S/C27H26FN3O3S/c1-2-34-22-14-12-20(13-15-22)29-25(32)18-24-26(33)31(21-9-4-3-5-10-21)27(35)30(24)17-16-19-8-6-7-11-23(19)28/h3-15,24H,2,16-18H2,1H3,(H,29,32). The molecule has 1 unspecified atom stereocenters. The molecule has 1 N–H and O–H groups in total. The fourth-order valence-corrected chi connectivity index (χ4v) is 4.45. The number of nitrogens with zero attached hydrogens (tertiary/aromatic N) is 2. The van der Waals surface area contributed by atoms with Crippen LogP contribution in [0.15, 0.2) is 78.9 Å². The molecule has 1 heterocycles. The summed E-state index contributed by atoms with van der Waals surface area (Å²) in [4.78, 5) is 29.5. The van der Waals surface area contributed by atoms with Gasteiger partial charge in [-0.05, 0) is 73.6 Å². The van der Waals surface area contributed by atoms with Crippen molar-refractivity contribution in [3.63, 3.8) is 0 Å². The van der Waals surface area contributed by atoms with Crippen LogP contribution in [0.1, 0.15) is 18.9 Å². The van der Waals surface area contributed by atoms with Crippen molar-refractivity contribution in [2.45, 2.75) is 25.8 Å². The van der Waals surface area contributed by atoms with Crippen LogP contribution in [-0.4, -0.2) is 41.0 Å². The minimum absolute atomic E-state index is 0.0905. The maximum atomic E-state index is 14.2. The van der Waals surface area contributed by atoms with Crippen LogP contribution in [-0.2, 0) is 16.0 Å². The molecule has 0 bridgehead atoms. The first-order valence-electron chi connectivity index (χ1n) is 11.4. The van der Waals surface area contributed by atoms with E-state index in [1.807, 2.05) is 25.1 Å². The van der Waals surface area contributed by atoms with Gasteiger partial charge in [0.1, 0.15) is 17.6 Å². The quantitative estimate of drug-likeness (QED) is 0.436. The van der Waals surface area contributed by atoms with Gasteiger partial charge in [0.2, 0.25) is 5.91 Å². The number of carbonyl (C=O) groups excluding carboxylic acids is 2. The second-order valence-electron chi connectivity index (χ2n) is 8.05. The van der Waals surface area contributed by atoms with E-state index in [9.17, 15) is 14.0 Å². The van der Waals surface area contributed by atoms with Crippen molar-refractivity contribution < 1.29 is 18.7 Å². The summed E-state index contributed by atoms with van der Waals surface area (Å²) in [6.45, 7) is 2.75. The van der Waals surface area contributed by atoms with Gasteiger partial charge in [-0.2, -0.15) is 0 Å². The summed E-state index contributed by atoms with van der Waals surface area (Å²) in [7, 11) is 0. The van der Waals surface area contributed by atoms with Crippen LogP contribution in [0, 0.1) is 5.82 Å². The number of nitrogens with one attached hydrogen (secondary N) is 1. The van der Waals surface area contributed by atoms with Crippen molar-refractivity contribution in [3.05, 3.63) is 90.2 Å².